The predicted molar refractivity (Wildman–Crippen MR) is 78.3 cm³/mol. The first-order chi connectivity index (χ1) is 8.92. The summed E-state index contributed by atoms with van der Waals surface area (Å²) < 4.78 is 0. The summed E-state index contributed by atoms with van der Waals surface area (Å²) in [4.78, 5) is 14.0. The Morgan fingerprint density at radius 1 is 1.37 bits per heavy atom. The fourth-order valence-electron chi connectivity index (χ4n) is 2.58. The van der Waals surface area contributed by atoms with Crippen LogP contribution in [0.2, 0.25) is 10.0 Å². The van der Waals surface area contributed by atoms with Gasteiger partial charge in [0.1, 0.15) is 0 Å². The van der Waals surface area contributed by atoms with Gasteiger partial charge in [0.15, 0.2) is 0 Å². The van der Waals surface area contributed by atoms with Gasteiger partial charge in [-0.15, -0.1) is 0 Å². The highest BCUT2D eigenvalue weighted by molar-refractivity contribution is 6.35. The molecule has 0 atom stereocenters. The topological polar surface area (TPSA) is 46.3 Å². The molecule has 1 saturated carbocycles. The van der Waals surface area contributed by atoms with Gasteiger partial charge < -0.3 is 10.6 Å². The van der Waals surface area contributed by atoms with E-state index in [1.54, 1.807) is 24.1 Å². The summed E-state index contributed by atoms with van der Waals surface area (Å²) in [6.07, 6.45) is 3.59. The molecule has 2 N–H and O–H groups in total. The number of carbonyl (C=O) groups excluding carboxylic acids is 1. The van der Waals surface area contributed by atoms with Crippen LogP contribution >= 0.6 is 23.2 Å². The maximum atomic E-state index is 12.4. The van der Waals surface area contributed by atoms with Crippen molar-refractivity contribution >= 4 is 29.1 Å². The number of nitrogens with two attached hydrogens (primary N) is 1. The van der Waals surface area contributed by atoms with Crippen LogP contribution in [0.4, 0.5) is 0 Å². The molecule has 2 rings (SSSR count). The average Bonchev–Trinajstić information content (AvgIpc) is 2.80. The Kier molecular flexibility index (Phi) is 4.39. The molecule has 1 aromatic rings. The first kappa shape index (κ1) is 14.6. The van der Waals surface area contributed by atoms with Gasteiger partial charge in [0.05, 0.1) is 5.54 Å². The SMILES string of the molecule is CN(Cc1ccc(Cl)cc1Cl)C(=O)C1(N)CCCC1. The molecule has 1 amide bonds. The largest absolute Gasteiger partial charge is 0.340 e. The third kappa shape index (κ3) is 3.22. The second kappa shape index (κ2) is 5.70. The summed E-state index contributed by atoms with van der Waals surface area (Å²) in [5.74, 6) is -0.00369. The van der Waals surface area contributed by atoms with E-state index in [9.17, 15) is 4.79 Å². The number of benzene rings is 1. The first-order valence-electron chi connectivity index (χ1n) is 6.41. The number of hydrogen-bond acceptors (Lipinski definition) is 2. The van der Waals surface area contributed by atoms with E-state index in [4.69, 9.17) is 28.9 Å². The van der Waals surface area contributed by atoms with Gasteiger partial charge in [0.2, 0.25) is 5.91 Å². The van der Waals surface area contributed by atoms with E-state index in [0.29, 0.717) is 16.6 Å². The fraction of sp³-hybridized carbons (Fsp3) is 0.500. The second-order valence-electron chi connectivity index (χ2n) is 5.26. The maximum absolute atomic E-state index is 12.4. The Morgan fingerprint density at radius 2 is 2.00 bits per heavy atom. The van der Waals surface area contributed by atoms with Crippen molar-refractivity contribution in [3.05, 3.63) is 33.8 Å². The molecule has 0 bridgehead atoms. The van der Waals surface area contributed by atoms with Crippen LogP contribution in [0.25, 0.3) is 0 Å². The number of carbonyl (C=O) groups is 1. The molecule has 0 heterocycles. The summed E-state index contributed by atoms with van der Waals surface area (Å²) in [6, 6.07) is 5.30. The Morgan fingerprint density at radius 3 is 2.58 bits per heavy atom. The van der Waals surface area contributed by atoms with Gasteiger partial charge in [0, 0.05) is 23.6 Å². The number of halogens is 2. The fourth-order valence-corrected chi connectivity index (χ4v) is 3.05. The molecular formula is C14H18Cl2N2O. The Bertz CT molecular complexity index is 484. The van der Waals surface area contributed by atoms with Crippen LogP contribution in [0.5, 0.6) is 0 Å². The number of hydrogen-bond donors (Lipinski definition) is 1. The summed E-state index contributed by atoms with van der Waals surface area (Å²) in [5.41, 5.74) is 6.37. The third-order valence-electron chi connectivity index (χ3n) is 3.69. The van der Waals surface area contributed by atoms with Crippen LogP contribution in [0.1, 0.15) is 31.2 Å². The number of rotatable bonds is 3. The van der Waals surface area contributed by atoms with E-state index in [2.05, 4.69) is 0 Å². The van der Waals surface area contributed by atoms with Crippen LogP contribution in [0.3, 0.4) is 0 Å². The van der Waals surface area contributed by atoms with Crippen molar-refractivity contribution < 1.29 is 4.79 Å². The van der Waals surface area contributed by atoms with E-state index in [1.807, 2.05) is 6.07 Å². The van der Waals surface area contributed by atoms with Gasteiger partial charge in [-0.25, -0.2) is 0 Å². The van der Waals surface area contributed by atoms with Crippen molar-refractivity contribution in [2.75, 3.05) is 7.05 Å². The van der Waals surface area contributed by atoms with Gasteiger partial charge in [0.25, 0.3) is 0 Å². The average molecular weight is 301 g/mol. The van der Waals surface area contributed by atoms with E-state index in [1.165, 1.54) is 0 Å². The molecule has 0 unspecified atom stereocenters. The summed E-state index contributed by atoms with van der Waals surface area (Å²) in [7, 11) is 1.76. The predicted octanol–water partition coefficient (Wildman–Crippen LogP) is 3.22. The minimum absolute atomic E-state index is 0.00369. The zero-order chi connectivity index (χ0) is 14.0. The van der Waals surface area contributed by atoms with Crippen molar-refractivity contribution in [3.63, 3.8) is 0 Å². The van der Waals surface area contributed by atoms with Crippen LogP contribution in [0, 0.1) is 0 Å². The smallest absolute Gasteiger partial charge is 0.242 e. The van der Waals surface area contributed by atoms with Crippen molar-refractivity contribution in [3.8, 4) is 0 Å². The Labute approximate surface area is 123 Å². The van der Waals surface area contributed by atoms with Gasteiger partial charge in [-0.3, -0.25) is 4.79 Å². The lowest BCUT2D eigenvalue weighted by Gasteiger charge is -2.29. The highest BCUT2D eigenvalue weighted by Crippen LogP contribution is 2.29. The maximum Gasteiger partial charge on any atom is 0.242 e. The van der Waals surface area contributed by atoms with Crippen molar-refractivity contribution in [2.45, 2.75) is 37.8 Å². The third-order valence-corrected chi connectivity index (χ3v) is 4.28. The molecule has 0 aromatic heterocycles. The molecule has 1 aromatic carbocycles. The lowest BCUT2D eigenvalue weighted by atomic mass is 9.97. The Balaban J connectivity index is 2.08. The summed E-state index contributed by atoms with van der Waals surface area (Å²) >= 11 is 12.0. The minimum atomic E-state index is -0.687. The quantitative estimate of drug-likeness (QED) is 0.931. The van der Waals surface area contributed by atoms with Gasteiger partial charge in [-0.2, -0.15) is 0 Å². The van der Waals surface area contributed by atoms with Gasteiger partial charge >= 0.3 is 0 Å². The first-order valence-corrected chi connectivity index (χ1v) is 7.16. The van der Waals surface area contributed by atoms with Crippen molar-refractivity contribution in [1.82, 2.24) is 4.90 Å². The van der Waals surface area contributed by atoms with Gasteiger partial charge in [-0.1, -0.05) is 42.1 Å². The standard InChI is InChI=1S/C14H18Cl2N2O/c1-18(13(19)14(17)6-2-3-7-14)9-10-4-5-11(15)8-12(10)16/h4-5,8H,2-3,6-7,9,17H2,1H3. The van der Waals surface area contributed by atoms with Crippen LogP contribution in [-0.4, -0.2) is 23.4 Å². The lowest BCUT2D eigenvalue weighted by Crippen LogP contribution is -2.52. The molecule has 19 heavy (non-hydrogen) atoms. The monoisotopic (exact) mass is 300 g/mol. The minimum Gasteiger partial charge on any atom is -0.340 e. The molecule has 1 aliphatic carbocycles. The lowest BCUT2D eigenvalue weighted by molar-refractivity contribution is -0.136. The number of nitrogens with zero attached hydrogens (tertiary/aromatic N) is 1. The molecule has 0 spiro atoms. The molecule has 104 valence electrons. The molecule has 3 nitrogen and oxygen atoms in total. The molecule has 1 fully saturated rings. The molecular weight excluding hydrogens is 283 g/mol. The summed E-state index contributed by atoms with van der Waals surface area (Å²) in [6.45, 7) is 0.452. The van der Waals surface area contributed by atoms with Crippen LogP contribution in [0.15, 0.2) is 18.2 Å². The number of likely N-dealkylation sites (N-methyl/N-ethyl adjacent to an activating group) is 1. The molecule has 0 radical (unpaired) electrons. The number of amides is 1. The van der Waals surface area contributed by atoms with E-state index in [-0.39, 0.29) is 5.91 Å². The Hall–Kier alpha value is -0.770. The molecule has 0 saturated heterocycles. The van der Waals surface area contributed by atoms with E-state index < -0.39 is 5.54 Å². The van der Waals surface area contributed by atoms with E-state index >= 15 is 0 Å². The van der Waals surface area contributed by atoms with Crippen LogP contribution < -0.4 is 5.73 Å². The van der Waals surface area contributed by atoms with Gasteiger partial charge in [-0.05, 0) is 30.5 Å². The van der Waals surface area contributed by atoms with Crippen molar-refractivity contribution in [1.29, 1.82) is 0 Å². The highest BCUT2D eigenvalue weighted by Gasteiger charge is 2.38. The molecule has 5 heteroatoms. The molecule has 0 aliphatic heterocycles. The summed E-state index contributed by atoms with van der Waals surface area (Å²) in [5, 5.41) is 1.17. The van der Waals surface area contributed by atoms with E-state index in [0.717, 1.165) is 31.2 Å². The normalized spacial score (nSPS) is 17.5. The molecule has 1 aliphatic rings. The zero-order valence-corrected chi connectivity index (χ0v) is 12.5. The van der Waals surface area contributed by atoms with Crippen LogP contribution in [-0.2, 0) is 11.3 Å². The van der Waals surface area contributed by atoms with Crippen molar-refractivity contribution in [2.24, 2.45) is 5.73 Å². The zero-order valence-electron chi connectivity index (χ0n) is 11.0. The second-order valence-corrected chi connectivity index (χ2v) is 6.10. The highest BCUT2D eigenvalue weighted by atomic mass is 35.5.